The summed E-state index contributed by atoms with van der Waals surface area (Å²) in [6, 6.07) is 7.31. The first-order valence-electron chi connectivity index (χ1n) is 24.5. The Balaban J connectivity index is 0.884. The lowest BCUT2D eigenvalue weighted by Gasteiger charge is -2.42. The third-order valence-corrected chi connectivity index (χ3v) is 14.9. The van der Waals surface area contributed by atoms with Crippen LogP contribution in [-0.4, -0.2) is 135 Å². The molecule has 6 unspecified atom stereocenters. The Morgan fingerprint density at radius 1 is 0.971 bits per heavy atom. The third kappa shape index (κ3) is 8.85. The molecule has 2 aromatic carbocycles. The monoisotopic (exact) mass is 945 g/mol. The van der Waals surface area contributed by atoms with E-state index in [4.69, 9.17) is 25.4 Å². The van der Waals surface area contributed by atoms with E-state index in [0.717, 1.165) is 70.6 Å². The van der Waals surface area contributed by atoms with Gasteiger partial charge in [0, 0.05) is 75.1 Å². The predicted octanol–water partition coefficient (Wildman–Crippen LogP) is 7.97. The van der Waals surface area contributed by atoms with Crippen LogP contribution in [0.4, 0.5) is 25.2 Å². The van der Waals surface area contributed by atoms with E-state index in [1.165, 1.54) is 30.5 Å². The number of piperidine rings is 1. The number of carbonyl (C=O) groups is 2. The Hall–Kier alpha value is -6.28. The van der Waals surface area contributed by atoms with Gasteiger partial charge in [-0.1, -0.05) is 31.0 Å². The Kier molecular flexibility index (Phi) is 12.3. The highest BCUT2D eigenvalue weighted by Crippen LogP contribution is 2.42. The van der Waals surface area contributed by atoms with Crippen molar-refractivity contribution in [2.45, 2.75) is 103 Å². The van der Waals surface area contributed by atoms with Crippen molar-refractivity contribution in [1.29, 1.82) is 0 Å². The summed E-state index contributed by atoms with van der Waals surface area (Å²) in [6.45, 7) is 17.6. The van der Waals surface area contributed by atoms with Crippen LogP contribution in [0.25, 0.3) is 32.9 Å². The van der Waals surface area contributed by atoms with Crippen LogP contribution in [0.1, 0.15) is 90.9 Å². The van der Waals surface area contributed by atoms with E-state index >= 15 is 8.78 Å². The molecular formula is C52H61F2N9O6. The molecule has 5 saturated heterocycles. The largest absolute Gasteiger partial charge is 0.508 e. The number of carbonyl (C=O) groups excluding carboxylic acids is 2. The molecule has 5 aromatic rings. The van der Waals surface area contributed by atoms with Crippen molar-refractivity contribution in [3.63, 3.8) is 0 Å². The first kappa shape index (κ1) is 46.4. The number of terminal acetylenes is 1. The minimum absolute atomic E-state index is 0.0206. The zero-order valence-corrected chi connectivity index (χ0v) is 40.3. The topological polar surface area (TPSA) is 154 Å². The number of fused-ring (bicyclic) bond motifs is 5. The molecule has 0 spiro atoms. The maximum absolute atomic E-state index is 17.3. The molecule has 6 atom stereocenters. The highest BCUT2D eigenvalue weighted by molar-refractivity contribution is 6.03. The van der Waals surface area contributed by atoms with Crippen molar-refractivity contribution < 1.29 is 37.5 Å². The van der Waals surface area contributed by atoms with Crippen LogP contribution in [0.15, 0.2) is 41.1 Å². The highest BCUT2D eigenvalue weighted by atomic mass is 19.1. The summed E-state index contributed by atoms with van der Waals surface area (Å²) >= 11 is 0. The lowest BCUT2D eigenvalue weighted by Crippen LogP contribution is -2.57. The molecule has 0 aliphatic carbocycles. The summed E-state index contributed by atoms with van der Waals surface area (Å²) in [5.41, 5.74) is -0.847. The number of pyridine rings is 1. The van der Waals surface area contributed by atoms with E-state index in [2.05, 4.69) is 51.6 Å². The Morgan fingerprint density at radius 3 is 2.45 bits per heavy atom. The molecule has 0 saturated carbocycles. The van der Waals surface area contributed by atoms with Gasteiger partial charge in [-0.25, -0.2) is 13.6 Å². The van der Waals surface area contributed by atoms with E-state index in [0.29, 0.717) is 53.8 Å². The number of hydrogen-bond donors (Lipinski definition) is 1. The van der Waals surface area contributed by atoms with E-state index in [-0.39, 0.29) is 88.1 Å². The number of likely N-dealkylation sites (tertiary alicyclic amines) is 2. The summed E-state index contributed by atoms with van der Waals surface area (Å²) < 4.78 is 50.4. The van der Waals surface area contributed by atoms with Crippen LogP contribution < -0.4 is 14.5 Å². The summed E-state index contributed by atoms with van der Waals surface area (Å²) in [7, 11) is 0. The van der Waals surface area contributed by atoms with Crippen LogP contribution in [-0.2, 0) is 9.53 Å². The van der Waals surface area contributed by atoms with Gasteiger partial charge in [0.2, 0.25) is 5.91 Å². The lowest BCUT2D eigenvalue weighted by molar-refractivity contribution is -0.134. The molecule has 1 N–H and O–H groups in total. The van der Waals surface area contributed by atoms with Gasteiger partial charge in [-0.15, -0.1) is 6.42 Å². The fourth-order valence-electron chi connectivity index (χ4n) is 11.6. The fourth-order valence-corrected chi connectivity index (χ4v) is 11.6. The molecule has 69 heavy (non-hydrogen) atoms. The third-order valence-electron chi connectivity index (χ3n) is 14.9. The van der Waals surface area contributed by atoms with Crippen molar-refractivity contribution in [2.24, 2.45) is 17.8 Å². The maximum Gasteiger partial charge on any atom is 0.410 e. The van der Waals surface area contributed by atoms with E-state index < -0.39 is 17.2 Å². The van der Waals surface area contributed by atoms with Crippen molar-refractivity contribution in [1.82, 2.24) is 34.8 Å². The first-order chi connectivity index (χ1) is 33.0. The lowest BCUT2D eigenvalue weighted by atomic mass is 9.89. The van der Waals surface area contributed by atoms with Crippen molar-refractivity contribution in [3.05, 3.63) is 59.5 Å². The number of hydrogen-bond acceptors (Lipinski definition) is 13. The van der Waals surface area contributed by atoms with Gasteiger partial charge in [0.25, 0.3) is 0 Å². The number of halogens is 2. The molecule has 17 heteroatoms. The van der Waals surface area contributed by atoms with E-state index in [9.17, 15) is 14.7 Å². The molecule has 10 rings (SSSR count). The normalized spacial score (nSPS) is 23.3. The quantitative estimate of drug-likeness (QED) is 0.135. The number of amides is 2. The van der Waals surface area contributed by atoms with Crippen LogP contribution in [0.3, 0.4) is 0 Å². The zero-order valence-electron chi connectivity index (χ0n) is 40.3. The predicted molar refractivity (Wildman–Crippen MR) is 257 cm³/mol. The van der Waals surface area contributed by atoms with Crippen LogP contribution >= 0.6 is 0 Å². The molecule has 8 heterocycles. The minimum atomic E-state index is -0.810. The Bertz CT molecular complexity index is 2830. The number of nitrogens with zero attached hydrogens (tertiary/aromatic N) is 9. The molecule has 15 nitrogen and oxygen atoms in total. The second kappa shape index (κ2) is 18.2. The molecular weight excluding hydrogens is 885 g/mol. The van der Waals surface area contributed by atoms with Gasteiger partial charge in [-0.3, -0.25) is 19.6 Å². The second-order valence-corrected chi connectivity index (χ2v) is 21.0. The summed E-state index contributed by atoms with van der Waals surface area (Å²) in [5.74, 6) is 3.26. The standard InChI is InChI=1S/C52H61F2N9O6/c1-8-37-40(53)14-11-31-20-36(64)21-38(44(31)37)46-45(54)47-39(23-55-46)48(61-27-34-12-13-35(28-61)63(34)51(66)68-52(5,6)7)57-50(56-47)67-19-18-59-17-15-32-25-60(26-33(32)24-59)42-22-41(69-58-42)43(29(2)3)49(65)62-16-9-10-30(62)4/h1,11,14,20-23,29-30,32-35,43,64H,9-10,12-13,15-19,24-28H2,2-7H3. The molecule has 5 fully saturated rings. The first-order valence-corrected chi connectivity index (χ1v) is 24.5. The van der Waals surface area contributed by atoms with Crippen molar-refractivity contribution in [3.8, 4) is 35.4 Å². The number of phenolic OH excluding ortho intramolecular Hbond substituents is 1. The zero-order chi connectivity index (χ0) is 48.5. The number of phenols is 1. The molecule has 3 aromatic heterocycles. The number of rotatable bonds is 10. The molecule has 5 aliphatic heterocycles. The SMILES string of the molecule is C#Cc1c(F)ccc2cc(O)cc(-c3ncc4c(N5CC6CCC(C5)N6C(=O)OC(C)(C)C)nc(OCCN5CCC6CN(c7cc(C(C(=O)N8CCCC8C)C(C)C)on7)CC6C5)nc4c3F)c12. The molecule has 5 aliphatic rings. The van der Waals surface area contributed by atoms with Gasteiger partial charge in [-0.2, -0.15) is 9.97 Å². The van der Waals surface area contributed by atoms with Crippen LogP contribution in [0, 0.1) is 41.7 Å². The molecule has 0 radical (unpaired) electrons. The Morgan fingerprint density at radius 2 is 1.74 bits per heavy atom. The van der Waals surface area contributed by atoms with E-state index in [1.54, 1.807) is 0 Å². The van der Waals surface area contributed by atoms with E-state index in [1.807, 2.05) is 41.5 Å². The maximum atomic E-state index is 17.3. The summed E-state index contributed by atoms with van der Waals surface area (Å²) in [5, 5.41) is 16.2. The van der Waals surface area contributed by atoms with Crippen molar-refractivity contribution >= 4 is 45.3 Å². The Labute approximate surface area is 401 Å². The van der Waals surface area contributed by atoms with Gasteiger partial charge >= 0.3 is 12.1 Å². The van der Waals surface area contributed by atoms with Gasteiger partial charge in [0.15, 0.2) is 17.4 Å². The van der Waals surface area contributed by atoms with Gasteiger partial charge in [-0.05, 0) is 108 Å². The number of piperazine rings is 1. The number of aromatic nitrogens is 4. The molecule has 2 amide bonds. The average Bonchev–Trinajstić information content (AvgIpc) is 4.11. The smallest absolute Gasteiger partial charge is 0.410 e. The molecule has 364 valence electrons. The van der Waals surface area contributed by atoms with Crippen molar-refractivity contribution in [2.75, 3.05) is 68.8 Å². The van der Waals surface area contributed by atoms with Gasteiger partial charge < -0.3 is 33.8 Å². The van der Waals surface area contributed by atoms with Crippen LogP contribution in [0.2, 0.25) is 0 Å². The van der Waals surface area contributed by atoms with Gasteiger partial charge in [0.05, 0.1) is 23.0 Å². The number of ether oxygens (including phenoxy) is 2. The minimum Gasteiger partial charge on any atom is -0.508 e. The fraction of sp³-hybridized carbons (Fsp3) is 0.538. The number of aromatic hydroxyl groups is 1. The average molecular weight is 946 g/mol. The summed E-state index contributed by atoms with van der Waals surface area (Å²) in [4.78, 5) is 51.7. The molecule has 2 bridgehead atoms. The number of anilines is 2. The highest BCUT2D eigenvalue weighted by Gasteiger charge is 2.46. The van der Waals surface area contributed by atoms with Crippen LogP contribution in [0.5, 0.6) is 11.8 Å². The van der Waals surface area contributed by atoms with Gasteiger partial charge in [0.1, 0.15) is 46.7 Å². The number of benzene rings is 2. The second-order valence-electron chi connectivity index (χ2n) is 21.0. The summed E-state index contributed by atoms with van der Waals surface area (Å²) in [6.07, 6.45) is 11.5.